The zero-order valence-electron chi connectivity index (χ0n) is 9.75. The number of hydrogen-bond donors (Lipinski definition) is 1. The van der Waals surface area contributed by atoms with E-state index in [0.29, 0.717) is 11.8 Å². The van der Waals surface area contributed by atoms with Crippen LogP contribution in [0.3, 0.4) is 0 Å². The number of anilines is 1. The van der Waals surface area contributed by atoms with Gasteiger partial charge in [-0.1, -0.05) is 13.8 Å². The second kappa shape index (κ2) is 6.49. The fourth-order valence-corrected chi connectivity index (χ4v) is 1.03. The molecule has 0 radical (unpaired) electrons. The number of nitrogens with one attached hydrogen (secondary N) is 1. The van der Waals surface area contributed by atoms with Crippen LogP contribution in [0.5, 0.6) is 0 Å². The normalized spacial score (nSPS) is 9.19. The number of aromatic nitrogens is 5. The molecule has 0 bridgehead atoms. The van der Waals surface area contributed by atoms with Gasteiger partial charge in [-0.2, -0.15) is 0 Å². The van der Waals surface area contributed by atoms with E-state index in [2.05, 4.69) is 25.4 Å². The molecule has 2 aromatic heterocycles. The Morgan fingerprint density at radius 1 is 1.31 bits per heavy atom. The summed E-state index contributed by atoms with van der Waals surface area (Å²) in [6, 6.07) is 1.77. The largest absolute Gasteiger partial charge is 0.353 e. The molecule has 0 aliphatic rings. The van der Waals surface area contributed by atoms with E-state index < -0.39 is 0 Å². The summed E-state index contributed by atoms with van der Waals surface area (Å²) in [4.78, 5) is 11.9. The standard InChI is InChI=1S/C8H10N6.C2H6/c1-2-10-8-12-6-14(13-8)7-3-4-9-5-11-7;1-2/h3-6H,2H2,1H3,(H,10,13);1-2H3. The van der Waals surface area contributed by atoms with Crippen molar-refractivity contribution in [2.45, 2.75) is 20.8 Å². The molecule has 0 unspecified atom stereocenters. The summed E-state index contributed by atoms with van der Waals surface area (Å²) in [5.41, 5.74) is 0. The molecule has 0 aromatic carbocycles. The summed E-state index contributed by atoms with van der Waals surface area (Å²) in [6.45, 7) is 6.79. The zero-order chi connectivity index (χ0) is 11.8. The summed E-state index contributed by atoms with van der Waals surface area (Å²) in [6.07, 6.45) is 4.75. The first-order valence-corrected chi connectivity index (χ1v) is 5.32. The highest BCUT2D eigenvalue weighted by molar-refractivity contribution is 5.24. The Balaban J connectivity index is 0.000000606. The zero-order valence-corrected chi connectivity index (χ0v) is 9.75. The van der Waals surface area contributed by atoms with Crippen LogP contribution in [0.25, 0.3) is 5.82 Å². The van der Waals surface area contributed by atoms with E-state index in [0.717, 1.165) is 6.54 Å². The maximum absolute atomic E-state index is 4.17. The minimum atomic E-state index is 0.603. The van der Waals surface area contributed by atoms with Gasteiger partial charge in [0.05, 0.1) is 0 Å². The molecule has 2 heterocycles. The molecular formula is C10H16N6. The van der Waals surface area contributed by atoms with Gasteiger partial charge in [0, 0.05) is 18.8 Å². The molecule has 0 fully saturated rings. The molecule has 0 amide bonds. The van der Waals surface area contributed by atoms with Crippen molar-refractivity contribution in [2.75, 3.05) is 11.9 Å². The first kappa shape index (κ1) is 12.1. The first-order valence-electron chi connectivity index (χ1n) is 5.32. The van der Waals surface area contributed by atoms with Crippen molar-refractivity contribution < 1.29 is 0 Å². The monoisotopic (exact) mass is 220 g/mol. The van der Waals surface area contributed by atoms with E-state index >= 15 is 0 Å². The predicted molar refractivity (Wildman–Crippen MR) is 62.5 cm³/mol. The van der Waals surface area contributed by atoms with E-state index in [1.807, 2.05) is 20.8 Å². The second-order valence-electron chi connectivity index (χ2n) is 2.61. The van der Waals surface area contributed by atoms with Crippen molar-refractivity contribution in [1.82, 2.24) is 24.7 Å². The second-order valence-corrected chi connectivity index (χ2v) is 2.61. The summed E-state index contributed by atoms with van der Waals surface area (Å²) < 4.78 is 1.60. The Morgan fingerprint density at radius 3 is 2.75 bits per heavy atom. The summed E-state index contributed by atoms with van der Waals surface area (Å²) in [7, 11) is 0. The van der Waals surface area contributed by atoms with E-state index in [-0.39, 0.29) is 0 Å². The van der Waals surface area contributed by atoms with Gasteiger partial charge in [0.2, 0.25) is 5.95 Å². The van der Waals surface area contributed by atoms with E-state index in [1.165, 1.54) is 6.33 Å². The average molecular weight is 220 g/mol. The molecule has 0 aliphatic heterocycles. The van der Waals surface area contributed by atoms with E-state index in [4.69, 9.17) is 0 Å². The molecule has 2 rings (SSSR count). The lowest BCUT2D eigenvalue weighted by atomic mass is 10.6. The lowest BCUT2D eigenvalue weighted by molar-refractivity contribution is 0.838. The number of rotatable bonds is 3. The van der Waals surface area contributed by atoms with E-state index in [1.54, 1.807) is 23.3 Å². The predicted octanol–water partition coefficient (Wildman–Crippen LogP) is 1.52. The van der Waals surface area contributed by atoms with Crippen molar-refractivity contribution in [3.05, 3.63) is 24.9 Å². The lowest BCUT2D eigenvalue weighted by Gasteiger charge is -1.96. The third-order valence-electron chi connectivity index (χ3n) is 1.63. The molecule has 6 heteroatoms. The van der Waals surface area contributed by atoms with Crippen LogP contribution in [0.4, 0.5) is 5.95 Å². The van der Waals surface area contributed by atoms with Gasteiger partial charge in [-0.05, 0) is 6.92 Å². The molecule has 0 spiro atoms. The van der Waals surface area contributed by atoms with Crippen LogP contribution in [-0.2, 0) is 0 Å². The third-order valence-corrected chi connectivity index (χ3v) is 1.63. The molecule has 2 aromatic rings. The van der Waals surface area contributed by atoms with Gasteiger partial charge in [-0.3, -0.25) is 0 Å². The van der Waals surface area contributed by atoms with Crippen molar-refractivity contribution in [1.29, 1.82) is 0 Å². The van der Waals surface area contributed by atoms with Crippen LogP contribution in [0.1, 0.15) is 20.8 Å². The van der Waals surface area contributed by atoms with Gasteiger partial charge >= 0.3 is 0 Å². The summed E-state index contributed by atoms with van der Waals surface area (Å²) >= 11 is 0. The third kappa shape index (κ3) is 3.01. The van der Waals surface area contributed by atoms with Crippen molar-refractivity contribution in [3.8, 4) is 5.82 Å². The highest BCUT2D eigenvalue weighted by Crippen LogP contribution is 2.02. The van der Waals surface area contributed by atoms with Crippen molar-refractivity contribution >= 4 is 5.95 Å². The molecule has 0 aliphatic carbocycles. The Kier molecular flexibility index (Phi) is 4.91. The average Bonchev–Trinajstić information content (AvgIpc) is 2.82. The highest BCUT2D eigenvalue weighted by Gasteiger charge is 2.00. The minimum Gasteiger partial charge on any atom is -0.353 e. The van der Waals surface area contributed by atoms with Gasteiger partial charge in [0.25, 0.3) is 0 Å². The molecule has 1 N–H and O–H groups in total. The first-order chi connectivity index (χ1) is 7.90. The highest BCUT2D eigenvalue weighted by atomic mass is 15.4. The maximum atomic E-state index is 4.17. The van der Waals surface area contributed by atoms with E-state index in [9.17, 15) is 0 Å². The SMILES string of the molecule is CC.CCNc1ncn(-c2ccncn2)n1. The van der Waals surface area contributed by atoms with Gasteiger partial charge in [0.15, 0.2) is 5.82 Å². The van der Waals surface area contributed by atoms with Gasteiger partial charge in [-0.15, -0.1) is 5.10 Å². The maximum Gasteiger partial charge on any atom is 0.242 e. The smallest absolute Gasteiger partial charge is 0.242 e. The minimum absolute atomic E-state index is 0.603. The van der Waals surface area contributed by atoms with Crippen LogP contribution in [0, 0.1) is 0 Å². The Labute approximate surface area is 94.8 Å². The summed E-state index contributed by atoms with van der Waals surface area (Å²) in [5.74, 6) is 1.31. The Hall–Kier alpha value is -1.98. The van der Waals surface area contributed by atoms with Crippen LogP contribution in [0.15, 0.2) is 24.9 Å². The quantitative estimate of drug-likeness (QED) is 0.849. The topological polar surface area (TPSA) is 68.5 Å². The fraction of sp³-hybridized carbons (Fsp3) is 0.400. The number of hydrogen-bond acceptors (Lipinski definition) is 5. The van der Waals surface area contributed by atoms with Crippen molar-refractivity contribution in [2.24, 2.45) is 0 Å². The molecular weight excluding hydrogens is 204 g/mol. The molecule has 86 valence electrons. The lowest BCUT2D eigenvalue weighted by Crippen LogP contribution is -2.01. The van der Waals surface area contributed by atoms with Crippen LogP contribution < -0.4 is 5.32 Å². The van der Waals surface area contributed by atoms with Gasteiger partial charge < -0.3 is 5.32 Å². The van der Waals surface area contributed by atoms with Crippen molar-refractivity contribution in [3.63, 3.8) is 0 Å². The van der Waals surface area contributed by atoms with Gasteiger partial charge in [0.1, 0.15) is 12.7 Å². The van der Waals surface area contributed by atoms with Crippen LogP contribution in [0.2, 0.25) is 0 Å². The number of nitrogens with zero attached hydrogens (tertiary/aromatic N) is 5. The Bertz CT molecular complexity index is 397. The molecule has 0 saturated carbocycles. The van der Waals surface area contributed by atoms with Crippen LogP contribution in [-0.4, -0.2) is 31.3 Å². The summed E-state index contributed by atoms with van der Waals surface area (Å²) in [5, 5.41) is 7.19. The fourth-order valence-electron chi connectivity index (χ4n) is 1.03. The van der Waals surface area contributed by atoms with Crippen LogP contribution >= 0.6 is 0 Å². The van der Waals surface area contributed by atoms with Gasteiger partial charge in [-0.25, -0.2) is 19.6 Å². The Morgan fingerprint density at radius 2 is 2.12 bits per heavy atom. The molecule has 16 heavy (non-hydrogen) atoms. The molecule has 6 nitrogen and oxygen atoms in total. The molecule has 0 saturated heterocycles. The molecule has 0 atom stereocenters.